The number of hydrogen-bond acceptors (Lipinski definition) is 5. The fourth-order valence-electron chi connectivity index (χ4n) is 4.40. The SMILES string of the molecule is CC(CC(=O)N1CCC(O)(Cn2cnc3c(cnn3C(C)C)c2=O)CC1)c1ccccc1. The van der Waals surface area contributed by atoms with Crippen molar-refractivity contribution in [3.63, 3.8) is 0 Å². The van der Waals surface area contributed by atoms with E-state index in [-0.39, 0.29) is 30.0 Å². The maximum Gasteiger partial charge on any atom is 0.264 e. The number of fused-ring (bicyclic) bond motifs is 1. The second kappa shape index (κ2) is 8.86. The topological polar surface area (TPSA) is 93.2 Å². The molecule has 170 valence electrons. The summed E-state index contributed by atoms with van der Waals surface area (Å²) in [5, 5.41) is 15.8. The molecule has 1 amide bonds. The van der Waals surface area contributed by atoms with Gasteiger partial charge in [-0.3, -0.25) is 14.2 Å². The highest BCUT2D eigenvalue weighted by Crippen LogP contribution is 2.26. The normalized spacial score (nSPS) is 17.1. The summed E-state index contributed by atoms with van der Waals surface area (Å²) in [6, 6.07) is 10.1. The lowest BCUT2D eigenvalue weighted by Crippen LogP contribution is -2.49. The average molecular weight is 438 g/mol. The van der Waals surface area contributed by atoms with Gasteiger partial charge >= 0.3 is 0 Å². The molecule has 2 aromatic heterocycles. The second-order valence-electron chi connectivity index (χ2n) is 9.22. The summed E-state index contributed by atoms with van der Waals surface area (Å²) in [6.07, 6.45) is 4.33. The summed E-state index contributed by atoms with van der Waals surface area (Å²) in [6.45, 7) is 7.14. The Morgan fingerprint density at radius 3 is 2.50 bits per heavy atom. The van der Waals surface area contributed by atoms with Crippen molar-refractivity contribution in [1.29, 1.82) is 0 Å². The minimum atomic E-state index is -1.05. The Bertz CT molecular complexity index is 1140. The molecule has 1 fully saturated rings. The number of rotatable bonds is 6. The summed E-state index contributed by atoms with van der Waals surface area (Å²) >= 11 is 0. The van der Waals surface area contributed by atoms with Gasteiger partial charge in [-0.25, -0.2) is 9.67 Å². The third-order valence-corrected chi connectivity index (χ3v) is 6.43. The number of aliphatic hydroxyl groups is 1. The molecule has 4 rings (SSSR count). The van der Waals surface area contributed by atoms with Gasteiger partial charge < -0.3 is 10.0 Å². The van der Waals surface area contributed by atoms with E-state index in [1.54, 1.807) is 10.9 Å². The first-order chi connectivity index (χ1) is 15.3. The maximum absolute atomic E-state index is 12.9. The van der Waals surface area contributed by atoms with Crippen LogP contribution in [0.25, 0.3) is 11.0 Å². The molecule has 8 heteroatoms. The Morgan fingerprint density at radius 1 is 1.16 bits per heavy atom. The molecule has 0 spiro atoms. The number of nitrogens with zero attached hydrogens (tertiary/aromatic N) is 5. The van der Waals surface area contributed by atoms with E-state index in [1.807, 2.05) is 49.1 Å². The first kappa shape index (κ1) is 22.2. The zero-order chi connectivity index (χ0) is 22.9. The van der Waals surface area contributed by atoms with E-state index in [2.05, 4.69) is 17.0 Å². The highest BCUT2D eigenvalue weighted by atomic mass is 16.3. The minimum Gasteiger partial charge on any atom is -0.388 e. The van der Waals surface area contributed by atoms with Gasteiger partial charge in [0.2, 0.25) is 5.91 Å². The molecule has 32 heavy (non-hydrogen) atoms. The number of carbonyl (C=O) groups excluding carboxylic acids is 1. The fraction of sp³-hybridized carbons (Fsp3) is 0.500. The van der Waals surface area contributed by atoms with E-state index in [9.17, 15) is 14.7 Å². The average Bonchev–Trinajstić information content (AvgIpc) is 3.22. The van der Waals surface area contributed by atoms with Crippen molar-refractivity contribution in [3.8, 4) is 0 Å². The smallest absolute Gasteiger partial charge is 0.264 e. The predicted octanol–water partition coefficient (Wildman–Crippen LogP) is 2.72. The van der Waals surface area contributed by atoms with Gasteiger partial charge in [0.15, 0.2) is 5.65 Å². The number of hydrogen-bond donors (Lipinski definition) is 1. The fourth-order valence-corrected chi connectivity index (χ4v) is 4.40. The second-order valence-corrected chi connectivity index (χ2v) is 9.22. The number of aromatic nitrogens is 4. The zero-order valence-electron chi connectivity index (χ0n) is 18.9. The van der Waals surface area contributed by atoms with Crippen molar-refractivity contribution >= 4 is 16.9 Å². The minimum absolute atomic E-state index is 0.102. The van der Waals surface area contributed by atoms with Crippen LogP contribution >= 0.6 is 0 Å². The van der Waals surface area contributed by atoms with E-state index in [0.717, 1.165) is 5.56 Å². The summed E-state index contributed by atoms with van der Waals surface area (Å²) in [5.74, 6) is 0.248. The van der Waals surface area contributed by atoms with Crippen LogP contribution < -0.4 is 5.56 Å². The molecule has 1 aliphatic heterocycles. The maximum atomic E-state index is 12.9. The molecule has 1 unspecified atom stereocenters. The number of likely N-dealkylation sites (tertiary alicyclic amines) is 1. The van der Waals surface area contributed by atoms with E-state index in [0.29, 0.717) is 43.4 Å². The molecule has 1 N–H and O–H groups in total. The quantitative estimate of drug-likeness (QED) is 0.640. The molecule has 3 aromatic rings. The molecule has 1 aliphatic rings. The Kier molecular flexibility index (Phi) is 6.15. The first-order valence-corrected chi connectivity index (χ1v) is 11.3. The van der Waals surface area contributed by atoms with Gasteiger partial charge in [-0.15, -0.1) is 0 Å². The molecular weight excluding hydrogens is 406 g/mol. The number of benzene rings is 1. The van der Waals surface area contributed by atoms with Gasteiger partial charge in [-0.05, 0) is 38.2 Å². The van der Waals surface area contributed by atoms with Crippen LogP contribution in [0.5, 0.6) is 0 Å². The van der Waals surface area contributed by atoms with Crippen LogP contribution in [-0.4, -0.2) is 53.9 Å². The van der Waals surface area contributed by atoms with Crippen LogP contribution in [0.15, 0.2) is 47.7 Å². The van der Waals surface area contributed by atoms with Crippen LogP contribution in [0.1, 0.15) is 57.6 Å². The van der Waals surface area contributed by atoms with Gasteiger partial charge in [-0.2, -0.15) is 5.10 Å². The van der Waals surface area contributed by atoms with Crippen LogP contribution in [0.4, 0.5) is 0 Å². The summed E-state index contributed by atoms with van der Waals surface area (Å²) in [4.78, 5) is 31.9. The zero-order valence-corrected chi connectivity index (χ0v) is 18.9. The molecule has 3 heterocycles. The van der Waals surface area contributed by atoms with Crippen molar-refractivity contribution < 1.29 is 9.90 Å². The van der Waals surface area contributed by atoms with Gasteiger partial charge in [0, 0.05) is 25.6 Å². The molecule has 8 nitrogen and oxygen atoms in total. The van der Waals surface area contributed by atoms with E-state index in [1.165, 1.54) is 10.9 Å². The highest BCUT2D eigenvalue weighted by molar-refractivity contribution is 5.77. The summed E-state index contributed by atoms with van der Waals surface area (Å²) < 4.78 is 3.18. The van der Waals surface area contributed by atoms with Gasteiger partial charge in [-0.1, -0.05) is 37.3 Å². The van der Waals surface area contributed by atoms with Gasteiger partial charge in [0.1, 0.15) is 11.7 Å². The third kappa shape index (κ3) is 4.46. The predicted molar refractivity (Wildman–Crippen MR) is 122 cm³/mol. The molecule has 1 aromatic carbocycles. The lowest BCUT2D eigenvalue weighted by atomic mass is 9.90. The van der Waals surface area contributed by atoms with Crippen molar-refractivity contribution in [2.45, 2.75) is 64.1 Å². The van der Waals surface area contributed by atoms with Crippen molar-refractivity contribution in [2.75, 3.05) is 13.1 Å². The molecular formula is C24H31N5O3. The first-order valence-electron chi connectivity index (χ1n) is 11.3. The van der Waals surface area contributed by atoms with Crippen molar-refractivity contribution in [3.05, 3.63) is 58.8 Å². The molecule has 0 bridgehead atoms. The number of amides is 1. The number of carbonyl (C=O) groups is 1. The van der Waals surface area contributed by atoms with E-state index >= 15 is 0 Å². The Balaban J connectivity index is 1.39. The molecule has 0 aliphatic carbocycles. The molecule has 1 saturated heterocycles. The van der Waals surface area contributed by atoms with Crippen LogP contribution in [0, 0.1) is 0 Å². The largest absolute Gasteiger partial charge is 0.388 e. The van der Waals surface area contributed by atoms with Crippen LogP contribution in [0.3, 0.4) is 0 Å². The summed E-state index contributed by atoms with van der Waals surface area (Å²) in [5.41, 5.74) is 0.457. The Labute approximate surface area is 187 Å². The summed E-state index contributed by atoms with van der Waals surface area (Å²) in [7, 11) is 0. The van der Waals surface area contributed by atoms with Crippen LogP contribution in [0.2, 0.25) is 0 Å². The Hall–Kier alpha value is -3.00. The lowest BCUT2D eigenvalue weighted by molar-refractivity contribution is -0.136. The lowest BCUT2D eigenvalue weighted by Gasteiger charge is -2.38. The van der Waals surface area contributed by atoms with Gasteiger partial charge in [0.25, 0.3) is 5.56 Å². The standard InChI is InChI=1S/C24H31N5O3/c1-17(2)29-22-20(14-26-29)23(31)28(16-25-22)15-24(32)9-11-27(12-10-24)21(30)13-18(3)19-7-5-4-6-8-19/h4-8,14,16-18,32H,9-13,15H2,1-3H3. The monoisotopic (exact) mass is 437 g/mol. The molecule has 0 radical (unpaired) electrons. The van der Waals surface area contributed by atoms with Crippen molar-refractivity contribution in [1.82, 2.24) is 24.2 Å². The van der Waals surface area contributed by atoms with E-state index < -0.39 is 5.60 Å². The molecule has 0 saturated carbocycles. The highest BCUT2D eigenvalue weighted by Gasteiger charge is 2.35. The van der Waals surface area contributed by atoms with Gasteiger partial charge in [0.05, 0.1) is 18.3 Å². The van der Waals surface area contributed by atoms with E-state index in [4.69, 9.17) is 0 Å². The van der Waals surface area contributed by atoms with Crippen LogP contribution in [-0.2, 0) is 11.3 Å². The molecule has 1 atom stereocenters. The van der Waals surface area contributed by atoms with Crippen molar-refractivity contribution in [2.24, 2.45) is 0 Å². The Morgan fingerprint density at radius 2 is 1.84 bits per heavy atom. The number of piperidine rings is 1. The third-order valence-electron chi connectivity index (χ3n) is 6.43.